The van der Waals surface area contributed by atoms with Crippen molar-refractivity contribution in [1.29, 1.82) is 0 Å². The molecule has 2 N–H and O–H groups in total. The summed E-state index contributed by atoms with van der Waals surface area (Å²) in [6.45, 7) is 1.80. The van der Waals surface area contributed by atoms with Gasteiger partial charge in [0.15, 0.2) is 0 Å². The highest BCUT2D eigenvalue weighted by atomic mass is 35.5. The normalized spacial score (nSPS) is 10.2. The van der Waals surface area contributed by atoms with Gasteiger partial charge in [-0.05, 0) is 23.6 Å². The van der Waals surface area contributed by atoms with E-state index in [4.69, 9.17) is 11.6 Å². The van der Waals surface area contributed by atoms with Crippen LogP contribution in [0.15, 0.2) is 29.6 Å². The number of nitro groups is 1. The van der Waals surface area contributed by atoms with Gasteiger partial charge >= 0.3 is 0 Å². The predicted octanol–water partition coefficient (Wildman–Crippen LogP) is 3.88. The molecule has 1 heterocycles. The lowest BCUT2D eigenvalue weighted by Gasteiger charge is -2.08. The predicted molar refractivity (Wildman–Crippen MR) is 84.1 cm³/mol. The van der Waals surface area contributed by atoms with Crippen LogP contribution in [0, 0.1) is 10.1 Å². The first-order valence-corrected chi connectivity index (χ1v) is 7.25. The highest BCUT2D eigenvalue weighted by Crippen LogP contribution is 2.30. The number of nitrogens with one attached hydrogen (secondary N) is 2. The number of carbonyl (C=O) groups excluding carboxylic acids is 1. The van der Waals surface area contributed by atoms with Gasteiger partial charge in [0.25, 0.3) is 5.69 Å². The standard InChI is InChI=1S/C13H12ClN3O3S/c1-8(18)16-11-4-5-21-13(11)7-15-10-3-2-9(14)6-12(10)17(19)20/h2-6,15H,7H2,1H3,(H,16,18). The maximum Gasteiger partial charge on any atom is 0.293 e. The molecule has 0 saturated heterocycles. The Labute approximate surface area is 129 Å². The summed E-state index contributed by atoms with van der Waals surface area (Å²) in [6, 6.07) is 6.23. The van der Waals surface area contributed by atoms with Crippen molar-refractivity contribution in [2.24, 2.45) is 0 Å². The van der Waals surface area contributed by atoms with Crippen molar-refractivity contribution in [3.63, 3.8) is 0 Å². The molecule has 1 aromatic carbocycles. The monoisotopic (exact) mass is 325 g/mol. The lowest BCUT2D eigenvalue weighted by atomic mass is 10.2. The molecule has 1 aromatic heterocycles. The second-order valence-electron chi connectivity index (χ2n) is 4.21. The summed E-state index contributed by atoms with van der Waals surface area (Å²) in [6.07, 6.45) is 0. The zero-order valence-electron chi connectivity index (χ0n) is 11.1. The van der Waals surface area contributed by atoms with Crippen LogP contribution in [-0.2, 0) is 11.3 Å². The smallest absolute Gasteiger partial charge is 0.293 e. The van der Waals surface area contributed by atoms with Gasteiger partial charge < -0.3 is 10.6 Å². The van der Waals surface area contributed by atoms with Gasteiger partial charge in [-0.1, -0.05) is 11.6 Å². The Morgan fingerprint density at radius 3 is 2.81 bits per heavy atom. The fourth-order valence-electron chi connectivity index (χ4n) is 1.76. The van der Waals surface area contributed by atoms with Crippen molar-refractivity contribution in [2.45, 2.75) is 13.5 Å². The van der Waals surface area contributed by atoms with Crippen molar-refractivity contribution in [3.8, 4) is 0 Å². The van der Waals surface area contributed by atoms with Gasteiger partial charge in [-0.15, -0.1) is 11.3 Å². The van der Waals surface area contributed by atoms with E-state index in [-0.39, 0.29) is 11.6 Å². The highest BCUT2D eigenvalue weighted by Gasteiger charge is 2.15. The molecule has 0 aliphatic carbocycles. The molecule has 2 aromatic rings. The molecular weight excluding hydrogens is 314 g/mol. The van der Waals surface area contributed by atoms with Crippen LogP contribution in [0.1, 0.15) is 11.8 Å². The Morgan fingerprint density at radius 1 is 1.38 bits per heavy atom. The van der Waals surface area contributed by atoms with Crippen molar-refractivity contribution in [3.05, 3.63) is 49.7 Å². The number of benzene rings is 1. The molecular formula is C13H12ClN3O3S. The fourth-order valence-corrected chi connectivity index (χ4v) is 2.70. The number of thiophene rings is 1. The maximum atomic E-state index is 11.1. The number of nitro benzene ring substituents is 1. The number of hydrogen-bond donors (Lipinski definition) is 2. The van der Waals surface area contributed by atoms with Crippen molar-refractivity contribution >= 4 is 45.9 Å². The molecule has 0 bridgehead atoms. The average Bonchev–Trinajstić information content (AvgIpc) is 2.83. The zero-order chi connectivity index (χ0) is 15.4. The van der Waals surface area contributed by atoms with E-state index in [9.17, 15) is 14.9 Å². The lowest BCUT2D eigenvalue weighted by molar-refractivity contribution is -0.383. The minimum Gasteiger partial charge on any atom is -0.375 e. The maximum absolute atomic E-state index is 11.1. The Bertz CT molecular complexity index is 687. The highest BCUT2D eigenvalue weighted by molar-refractivity contribution is 7.10. The average molecular weight is 326 g/mol. The molecule has 1 amide bonds. The molecule has 8 heteroatoms. The first kappa shape index (κ1) is 15.3. The van der Waals surface area contributed by atoms with E-state index in [1.165, 1.54) is 24.3 Å². The molecule has 0 saturated carbocycles. The Balaban J connectivity index is 2.15. The number of halogens is 1. The van der Waals surface area contributed by atoms with E-state index in [1.54, 1.807) is 18.2 Å². The van der Waals surface area contributed by atoms with Gasteiger partial charge in [0.2, 0.25) is 5.91 Å². The molecule has 0 aliphatic rings. The molecule has 0 fully saturated rings. The minimum atomic E-state index is -0.489. The number of rotatable bonds is 5. The third-order valence-corrected chi connectivity index (χ3v) is 3.81. The van der Waals surface area contributed by atoms with E-state index in [2.05, 4.69) is 10.6 Å². The zero-order valence-corrected chi connectivity index (χ0v) is 12.6. The molecule has 0 unspecified atom stereocenters. The summed E-state index contributed by atoms with van der Waals surface area (Å²) < 4.78 is 0. The van der Waals surface area contributed by atoms with Crippen LogP contribution < -0.4 is 10.6 Å². The fraction of sp³-hybridized carbons (Fsp3) is 0.154. The third-order valence-electron chi connectivity index (χ3n) is 2.65. The van der Waals surface area contributed by atoms with E-state index in [0.29, 0.717) is 22.9 Å². The lowest BCUT2D eigenvalue weighted by Crippen LogP contribution is -2.08. The summed E-state index contributed by atoms with van der Waals surface area (Å²) in [5.41, 5.74) is 1.00. The molecule has 0 aliphatic heterocycles. The molecule has 2 rings (SSSR count). The van der Waals surface area contributed by atoms with Gasteiger partial charge in [-0.25, -0.2) is 0 Å². The first-order valence-electron chi connectivity index (χ1n) is 5.99. The largest absolute Gasteiger partial charge is 0.375 e. The molecule has 110 valence electrons. The topological polar surface area (TPSA) is 84.3 Å². The second-order valence-corrected chi connectivity index (χ2v) is 5.65. The van der Waals surface area contributed by atoms with Crippen LogP contribution in [-0.4, -0.2) is 10.8 Å². The van der Waals surface area contributed by atoms with Crippen molar-refractivity contribution < 1.29 is 9.72 Å². The van der Waals surface area contributed by atoms with Crippen LogP contribution in [0.5, 0.6) is 0 Å². The van der Waals surface area contributed by atoms with Gasteiger partial charge in [0.05, 0.1) is 17.2 Å². The van der Waals surface area contributed by atoms with E-state index < -0.39 is 4.92 Å². The number of hydrogen-bond acceptors (Lipinski definition) is 5. The van der Waals surface area contributed by atoms with Gasteiger partial charge in [-0.2, -0.15) is 0 Å². The summed E-state index contributed by atoms with van der Waals surface area (Å²) in [5.74, 6) is -0.160. The van der Waals surface area contributed by atoms with Gasteiger partial charge in [-0.3, -0.25) is 14.9 Å². The molecule has 6 nitrogen and oxygen atoms in total. The molecule has 0 spiro atoms. The second kappa shape index (κ2) is 6.55. The number of nitrogens with zero attached hydrogens (tertiary/aromatic N) is 1. The first-order chi connectivity index (χ1) is 9.97. The van der Waals surface area contributed by atoms with E-state index >= 15 is 0 Å². The Morgan fingerprint density at radius 2 is 2.14 bits per heavy atom. The van der Waals surface area contributed by atoms with Gasteiger partial charge in [0, 0.05) is 22.9 Å². The van der Waals surface area contributed by atoms with Gasteiger partial charge in [0.1, 0.15) is 5.69 Å². The van der Waals surface area contributed by atoms with Crippen LogP contribution in [0.3, 0.4) is 0 Å². The number of amides is 1. The summed E-state index contributed by atoms with van der Waals surface area (Å²) >= 11 is 7.22. The Hall–Kier alpha value is -2.12. The van der Waals surface area contributed by atoms with Crippen molar-refractivity contribution in [1.82, 2.24) is 0 Å². The Kier molecular flexibility index (Phi) is 4.77. The quantitative estimate of drug-likeness (QED) is 0.645. The van der Waals surface area contributed by atoms with E-state index in [0.717, 1.165) is 4.88 Å². The van der Waals surface area contributed by atoms with E-state index in [1.807, 2.05) is 5.38 Å². The summed E-state index contributed by atoms with van der Waals surface area (Å²) in [5, 5.41) is 18.9. The molecule has 0 atom stereocenters. The van der Waals surface area contributed by atoms with Crippen LogP contribution in [0.2, 0.25) is 5.02 Å². The summed E-state index contributed by atoms with van der Waals surface area (Å²) in [7, 11) is 0. The minimum absolute atomic E-state index is 0.0832. The molecule has 21 heavy (non-hydrogen) atoms. The number of carbonyl (C=O) groups is 1. The number of anilines is 2. The van der Waals surface area contributed by atoms with Crippen LogP contribution >= 0.6 is 22.9 Å². The SMILES string of the molecule is CC(=O)Nc1ccsc1CNc1ccc(Cl)cc1[N+](=O)[O-]. The third kappa shape index (κ3) is 3.93. The van der Waals surface area contributed by atoms with Crippen molar-refractivity contribution in [2.75, 3.05) is 10.6 Å². The summed E-state index contributed by atoms with van der Waals surface area (Å²) in [4.78, 5) is 22.5. The van der Waals surface area contributed by atoms with Crippen LogP contribution in [0.25, 0.3) is 0 Å². The molecule has 0 radical (unpaired) electrons. The van der Waals surface area contributed by atoms with Crippen LogP contribution in [0.4, 0.5) is 17.1 Å².